The number of hydrogen-bond acceptors (Lipinski definition) is 7. The third-order valence-electron chi connectivity index (χ3n) is 4.06. The van der Waals surface area contributed by atoms with Crippen LogP contribution in [0.1, 0.15) is 12.5 Å². The van der Waals surface area contributed by atoms with Gasteiger partial charge in [-0.05, 0) is 24.6 Å². The summed E-state index contributed by atoms with van der Waals surface area (Å²) in [6.07, 6.45) is 1.42. The number of nitrogens with zero attached hydrogens (tertiary/aromatic N) is 4. The number of esters is 1. The lowest BCUT2D eigenvalue weighted by Gasteiger charge is -2.13. The van der Waals surface area contributed by atoms with Crippen LogP contribution in [0.25, 0.3) is 11.0 Å². The summed E-state index contributed by atoms with van der Waals surface area (Å²) in [5.41, 5.74) is -0.770. The summed E-state index contributed by atoms with van der Waals surface area (Å²) in [4.78, 5) is 51.9. The summed E-state index contributed by atoms with van der Waals surface area (Å²) in [5.74, 6) is -0.628. The van der Waals surface area contributed by atoms with Crippen LogP contribution >= 0.6 is 0 Å². The molecule has 0 N–H and O–H groups in total. The fourth-order valence-electron chi connectivity index (χ4n) is 2.77. The van der Waals surface area contributed by atoms with Crippen LogP contribution in [0.2, 0.25) is 0 Å². The Morgan fingerprint density at radius 3 is 2.54 bits per heavy atom. The molecule has 0 unspecified atom stereocenters. The highest BCUT2D eigenvalue weighted by molar-refractivity contribution is 5.76. The highest BCUT2D eigenvalue weighted by Crippen LogP contribution is 2.12. The number of pyridine rings is 1. The second-order valence-electron chi connectivity index (χ2n) is 5.86. The largest absolute Gasteiger partial charge is 0.465 e. The van der Waals surface area contributed by atoms with E-state index in [1.54, 1.807) is 13.0 Å². The average molecular weight is 384 g/mol. The van der Waals surface area contributed by atoms with E-state index in [1.807, 2.05) is 0 Å². The second-order valence-corrected chi connectivity index (χ2v) is 5.86. The van der Waals surface area contributed by atoms with Crippen LogP contribution in [0, 0.1) is 10.1 Å². The SMILES string of the molecule is CCOC(=O)Cn1c(=O)n(Cc2ccc([N+](=O)[O-])cc2)c(=O)c2cccnc21. The van der Waals surface area contributed by atoms with Crippen molar-refractivity contribution in [1.82, 2.24) is 14.1 Å². The van der Waals surface area contributed by atoms with Crippen molar-refractivity contribution in [2.75, 3.05) is 6.61 Å². The number of aromatic nitrogens is 3. The average Bonchev–Trinajstić information content (AvgIpc) is 2.69. The molecule has 3 aromatic rings. The van der Waals surface area contributed by atoms with Gasteiger partial charge in [0.25, 0.3) is 11.2 Å². The zero-order valence-corrected chi connectivity index (χ0v) is 14.9. The molecular weight excluding hydrogens is 368 g/mol. The van der Waals surface area contributed by atoms with Gasteiger partial charge in [-0.1, -0.05) is 12.1 Å². The monoisotopic (exact) mass is 384 g/mol. The molecule has 0 fully saturated rings. The maximum absolute atomic E-state index is 12.9. The first kappa shape index (κ1) is 19.0. The van der Waals surface area contributed by atoms with Crippen molar-refractivity contribution in [3.05, 3.63) is 79.1 Å². The van der Waals surface area contributed by atoms with Crippen molar-refractivity contribution in [3.8, 4) is 0 Å². The van der Waals surface area contributed by atoms with E-state index in [-0.39, 0.29) is 36.4 Å². The molecule has 144 valence electrons. The lowest BCUT2D eigenvalue weighted by molar-refractivity contribution is -0.384. The topological polar surface area (TPSA) is 126 Å². The standard InChI is InChI=1S/C18H16N4O6/c1-2-28-15(23)11-20-16-14(4-3-9-19-16)17(24)21(18(20)25)10-12-5-7-13(8-6-12)22(26)27/h3-9H,2,10-11H2,1H3. The van der Waals surface area contributed by atoms with Crippen molar-refractivity contribution < 1.29 is 14.5 Å². The first-order valence-electron chi connectivity index (χ1n) is 8.39. The summed E-state index contributed by atoms with van der Waals surface area (Å²) in [6.45, 7) is 1.30. The predicted octanol–water partition coefficient (Wildman–Crippen LogP) is 1.08. The van der Waals surface area contributed by atoms with Crippen LogP contribution in [-0.4, -0.2) is 31.6 Å². The molecule has 0 saturated heterocycles. The maximum atomic E-state index is 12.9. The van der Waals surface area contributed by atoms with Crippen LogP contribution < -0.4 is 11.2 Å². The minimum Gasteiger partial charge on any atom is -0.465 e. The number of rotatable bonds is 6. The molecule has 2 aromatic heterocycles. The van der Waals surface area contributed by atoms with E-state index in [4.69, 9.17) is 4.74 Å². The smallest absolute Gasteiger partial charge is 0.333 e. The molecule has 0 saturated carbocycles. The van der Waals surface area contributed by atoms with Gasteiger partial charge in [0, 0.05) is 18.3 Å². The fourth-order valence-corrected chi connectivity index (χ4v) is 2.77. The predicted molar refractivity (Wildman–Crippen MR) is 99.1 cm³/mol. The zero-order valence-electron chi connectivity index (χ0n) is 14.9. The Balaban J connectivity index is 2.11. The van der Waals surface area contributed by atoms with Crippen molar-refractivity contribution in [2.45, 2.75) is 20.0 Å². The van der Waals surface area contributed by atoms with Gasteiger partial charge in [0.2, 0.25) is 0 Å². The number of fused-ring (bicyclic) bond motifs is 1. The third-order valence-corrected chi connectivity index (χ3v) is 4.06. The molecule has 0 atom stereocenters. The summed E-state index contributed by atoms with van der Waals surface area (Å²) in [6, 6.07) is 8.58. The molecule has 28 heavy (non-hydrogen) atoms. The van der Waals surface area contributed by atoms with Gasteiger partial charge >= 0.3 is 11.7 Å². The van der Waals surface area contributed by atoms with Crippen LogP contribution in [0.15, 0.2) is 52.2 Å². The molecule has 0 bridgehead atoms. The molecular formula is C18H16N4O6. The number of nitro benzene ring substituents is 1. The van der Waals surface area contributed by atoms with Gasteiger partial charge in [0.05, 0.1) is 23.5 Å². The first-order valence-corrected chi connectivity index (χ1v) is 8.39. The van der Waals surface area contributed by atoms with Gasteiger partial charge in [-0.3, -0.25) is 28.8 Å². The van der Waals surface area contributed by atoms with Crippen LogP contribution in [0.5, 0.6) is 0 Å². The zero-order chi connectivity index (χ0) is 20.3. The summed E-state index contributed by atoms with van der Waals surface area (Å²) in [5, 5.41) is 10.9. The molecule has 0 radical (unpaired) electrons. The number of nitro groups is 1. The van der Waals surface area contributed by atoms with Crippen molar-refractivity contribution in [3.63, 3.8) is 0 Å². The molecule has 2 heterocycles. The van der Waals surface area contributed by atoms with E-state index in [2.05, 4.69) is 4.98 Å². The molecule has 0 spiro atoms. The summed E-state index contributed by atoms with van der Waals surface area (Å²) in [7, 11) is 0. The molecule has 10 nitrogen and oxygen atoms in total. The van der Waals surface area contributed by atoms with Crippen LogP contribution in [0.3, 0.4) is 0 Å². The van der Waals surface area contributed by atoms with E-state index < -0.39 is 22.1 Å². The quantitative estimate of drug-likeness (QED) is 0.353. The summed E-state index contributed by atoms with van der Waals surface area (Å²) < 4.78 is 6.94. The van der Waals surface area contributed by atoms with Crippen molar-refractivity contribution in [1.29, 1.82) is 0 Å². The van der Waals surface area contributed by atoms with Crippen molar-refractivity contribution >= 4 is 22.7 Å². The molecule has 3 rings (SSSR count). The molecule has 0 aliphatic heterocycles. The van der Waals surface area contributed by atoms with Gasteiger partial charge < -0.3 is 4.74 Å². The van der Waals surface area contributed by atoms with Gasteiger partial charge in [-0.15, -0.1) is 0 Å². The Morgan fingerprint density at radius 1 is 1.18 bits per heavy atom. The van der Waals surface area contributed by atoms with E-state index in [9.17, 15) is 24.5 Å². The Kier molecular flexibility index (Phi) is 5.30. The molecule has 0 amide bonds. The highest BCUT2D eigenvalue weighted by atomic mass is 16.6. The van der Waals surface area contributed by atoms with E-state index >= 15 is 0 Å². The number of ether oxygens (including phenoxy) is 1. The van der Waals surface area contributed by atoms with Crippen LogP contribution in [0.4, 0.5) is 5.69 Å². The third kappa shape index (κ3) is 3.65. The molecule has 1 aromatic carbocycles. The number of carbonyl (C=O) groups is 1. The Bertz CT molecular complexity index is 1160. The number of carbonyl (C=O) groups excluding carboxylic acids is 1. The Morgan fingerprint density at radius 2 is 1.89 bits per heavy atom. The van der Waals surface area contributed by atoms with Crippen LogP contribution in [-0.2, 0) is 22.6 Å². The number of non-ortho nitro benzene ring substituents is 1. The minimum absolute atomic E-state index is 0.0884. The molecule has 0 aliphatic rings. The van der Waals surface area contributed by atoms with E-state index in [1.165, 1.54) is 36.5 Å². The number of benzene rings is 1. The Hall–Kier alpha value is -3.82. The van der Waals surface area contributed by atoms with Gasteiger partial charge in [0.1, 0.15) is 12.2 Å². The van der Waals surface area contributed by atoms with Gasteiger partial charge in [-0.2, -0.15) is 0 Å². The highest BCUT2D eigenvalue weighted by Gasteiger charge is 2.17. The van der Waals surface area contributed by atoms with E-state index in [0.29, 0.717) is 5.56 Å². The normalized spacial score (nSPS) is 10.8. The molecule has 10 heteroatoms. The van der Waals surface area contributed by atoms with E-state index in [0.717, 1.165) is 9.13 Å². The molecule has 0 aliphatic carbocycles. The van der Waals surface area contributed by atoms with Gasteiger partial charge in [0.15, 0.2) is 0 Å². The van der Waals surface area contributed by atoms with Gasteiger partial charge in [-0.25, -0.2) is 9.78 Å². The second kappa shape index (κ2) is 7.82. The minimum atomic E-state index is -0.720. The lowest BCUT2D eigenvalue weighted by Crippen LogP contribution is -2.41. The maximum Gasteiger partial charge on any atom is 0.333 e. The summed E-state index contributed by atoms with van der Waals surface area (Å²) >= 11 is 0. The van der Waals surface area contributed by atoms with Crippen molar-refractivity contribution in [2.24, 2.45) is 0 Å². The first-order chi connectivity index (χ1) is 13.4. The number of hydrogen-bond donors (Lipinski definition) is 0. The fraction of sp³-hybridized carbons (Fsp3) is 0.222. The lowest BCUT2D eigenvalue weighted by atomic mass is 10.2. The Labute approximate surface area is 157 Å².